The van der Waals surface area contributed by atoms with Crippen molar-refractivity contribution in [2.24, 2.45) is 0 Å². The minimum absolute atomic E-state index is 0.173. The second-order valence-electron chi connectivity index (χ2n) is 5.11. The van der Waals surface area contributed by atoms with E-state index < -0.39 is 0 Å². The largest absolute Gasteiger partial charge is 0.379 e. The molecule has 0 saturated heterocycles. The third-order valence-corrected chi connectivity index (χ3v) is 3.51. The first-order chi connectivity index (χ1) is 9.52. The molecule has 20 heavy (non-hydrogen) atoms. The summed E-state index contributed by atoms with van der Waals surface area (Å²) >= 11 is 0. The molecule has 1 rings (SSSR count). The van der Waals surface area contributed by atoms with Gasteiger partial charge in [0.05, 0.1) is 4.92 Å². The van der Waals surface area contributed by atoms with Gasteiger partial charge in [0, 0.05) is 19.6 Å². The maximum absolute atomic E-state index is 11.4. The summed E-state index contributed by atoms with van der Waals surface area (Å²) in [4.78, 5) is 13.1. The fraction of sp³-hybridized carbons (Fsp3) is 0.600. The van der Waals surface area contributed by atoms with E-state index in [1.807, 2.05) is 31.0 Å². The van der Waals surface area contributed by atoms with Gasteiger partial charge in [-0.3, -0.25) is 10.1 Å². The smallest absolute Gasteiger partial charge is 0.315 e. The van der Waals surface area contributed by atoms with Crippen molar-refractivity contribution in [2.45, 2.75) is 46.1 Å². The van der Waals surface area contributed by atoms with E-state index >= 15 is 0 Å². The number of benzene rings is 1. The summed E-state index contributed by atoms with van der Waals surface area (Å²) in [7, 11) is 1.92. The number of nitrogens with zero attached hydrogens (tertiary/aromatic N) is 2. The number of anilines is 2. The highest BCUT2D eigenvalue weighted by Crippen LogP contribution is 2.36. The lowest BCUT2D eigenvalue weighted by atomic mass is 10.1. The summed E-state index contributed by atoms with van der Waals surface area (Å²) in [5, 5.41) is 14.6. The number of hydrogen-bond acceptors (Lipinski definition) is 4. The zero-order valence-corrected chi connectivity index (χ0v) is 12.8. The molecule has 0 spiro atoms. The zero-order valence-electron chi connectivity index (χ0n) is 12.8. The lowest BCUT2D eigenvalue weighted by Gasteiger charge is -2.27. The molecule has 1 aromatic rings. The highest BCUT2D eigenvalue weighted by molar-refractivity contribution is 5.77. The second-order valence-corrected chi connectivity index (χ2v) is 5.11. The topological polar surface area (TPSA) is 58.4 Å². The quantitative estimate of drug-likeness (QED) is 0.576. The average Bonchev–Trinajstić information content (AvgIpc) is 2.43. The van der Waals surface area contributed by atoms with Crippen LogP contribution in [-0.2, 0) is 0 Å². The summed E-state index contributed by atoms with van der Waals surface area (Å²) in [6, 6.07) is 5.74. The Hall–Kier alpha value is -1.78. The first-order valence-electron chi connectivity index (χ1n) is 7.27. The monoisotopic (exact) mass is 279 g/mol. The van der Waals surface area contributed by atoms with Crippen LogP contribution in [0, 0.1) is 10.1 Å². The molecular formula is C15H25N3O2. The lowest BCUT2D eigenvalue weighted by Crippen LogP contribution is -2.29. The van der Waals surface area contributed by atoms with Crippen LogP contribution in [0.5, 0.6) is 0 Å². The molecule has 0 fully saturated rings. The predicted molar refractivity (Wildman–Crippen MR) is 84.7 cm³/mol. The number of nitrogens with one attached hydrogen (secondary N) is 1. The summed E-state index contributed by atoms with van der Waals surface area (Å²) in [6.07, 6.45) is 3.01. The van der Waals surface area contributed by atoms with Gasteiger partial charge in [0.2, 0.25) is 0 Å². The maximum Gasteiger partial charge on any atom is 0.315 e. The van der Waals surface area contributed by atoms with Gasteiger partial charge in [-0.05, 0) is 31.9 Å². The highest BCUT2D eigenvalue weighted by atomic mass is 16.6. The van der Waals surface area contributed by atoms with Crippen LogP contribution in [0.15, 0.2) is 18.2 Å². The minimum Gasteiger partial charge on any atom is -0.379 e. The van der Waals surface area contributed by atoms with Crippen LogP contribution in [-0.4, -0.2) is 24.6 Å². The average molecular weight is 279 g/mol. The minimum atomic E-state index is -0.289. The van der Waals surface area contributed by atoms with Crippen molar-refractivity contribution in [2.75, 3.05) is 23.8 Å². The Kier molecular flexibility index (Phi) is 6.28. The van der Waals surface area contributed by atoms with Gasteiger partial charge >= 0.3 is 5.69 Å². The van der Waals surface area contributed by atoms with E-state index in [9.17, 15) is 10.1 Å². The second kappa shape index (κ2) is 7.72. The van der Waals surface area contributed by atoms with Crippen molar-refractivity contribution < 1.29 is 4.92 Å². The third-order valence-electron chi connectivity index (χ3n) is 3.51. The van der Waals surface area contributed by atoms with E-state index in [-0.39, 0.29) is 16.7 Å². The van der Waals surface area contributed by atoms with Crippen LogP contribution in [0.3, 0.4) is 0 Å². The molecule has 0 heterocycles. The Morgan fingerprint density at radius 1 is 1.35 bits per heavy atom. The zero-order chi connectivity index (χ0) is 15.1. The van der Waals surface area contributed by atoms with Crippen molar-refractivity contribution >= 4 is 17.1 Å². The van der Waals surface area contributed by atoms with E-state index in [0.29, 0.717) is 11.4 Å². The predicted octanol–water partition coefficient (Wildman–Crippen LogP) is 4.04. The Labute approximate surface area is 121 Å². The molecule has 0 saturated carbocycles. The Balaban J connectivity index is 3.14. The van der Waals surface area contributed by atoms with Crippen LogP contribution < -0.4 is 10.2 Å². The molecule has 0 aliphatic carbocycles. The van der Waals surface area contributed by atoms with Gasteiger partial charge in [-0.15, -0.1) is 0 Å². The number of para-hydroxylation sites is 1. The standard InChI is InChI=1S/C15H25N3O2/c1-5-8-12(3)17(4)14-10-7-9-13(16-11-6-2)15(14)18(19)20/h7,9-10,12,16H,5-6,8,11H2,1-4H3. The Morgan fingerprint density at radius 3 is 2.60 bits per heavy atom. The van der Waals surface area contributed by atoms with E-state index in [0.717, 1.165) is 25.8 Å². The van der Waals surface area contributed by atoms with Gasteiger partial charge in [-0.1, -0.05) is 26.3 Å². The Morgan fingerprint density at radius 2 is 2.05 bits per heavy atom. The van der Waals surface area contributed by atoms with Gasteiger partial charge in [-0.2, -0.15) is 0 Å². The molecule has 1 N–H and O–H groups in total. The number of rotatable bonds is 8. The number of hydrogen-bond donors (Lipinski definition) is 1. The molecule has 0 aliphatic rings. The third kappa shape index (κ3) is 3.85. The molecule has 0 amide bonds. The number of nitro groups is 1. The van der Waals surface area contributed by atoms with Crippen LogP contribution in [0.25, 0.3) is 0 Å². The summed E-state index contributed by atoms with van der Waals surface area (Å²) < 4.78 is 0. The van der Waals surface area contributed by atoms with Crippen molar-refractivity contribution in [1.82, 2.24) is 0 Å². The molecule has 0 aromatic heterocycles. The van der Waals surface area contributed by atoms with E-state index in [2.05, 4.69) is 19.2 Å². The van der Waals surface area contributed by atoms with E-state index in [1.54, 1.807) is 6.07 Å². The molecule has 112 valence electrons. The van der Waals surface area contributed by atoms with Gasteiger partial charge in [0.25, 0.3) is 0 Å². The first-order valence-corrected chi connectivity index (χ1v) is 7.27. The lowest BCUT2D eigenvalue weighted by molar-refractivity contribution is -0.383. The van der Waals surface area contributed by atoms with E-state index in [4.69, 9.17) is 0 Å². The van der Waals surface area contributed by atoms with Crippen molar-refractivity contribution in [1.29, 1.82) is 0 Å². The first kappa shape index (κ1) is 16.3. The molecule has 5 nitrogen and oxygen atoms in total. The molecule has 1 atom stereocenters. The summed E-state index contributed by atoms with van der Waals surface area (Å²) in [5.41, 5.74) is 1.45. The summed E-state index contributed by atoms with van der Waals surface area (Å²) in [6.45, 7) is 6.99. The van der Waals surface area contributed by atoms with Crippen LogP contribution in [0.1, 0.15) is 40.0 Å². The normalized spacial score (nSPS) is 12.0. The van der Waals surface area contributed by atoms with Crippen LogP contribution in [0.2, 0.25) is 0 Å². The van der Waals surface area contributed by atoms with Gasteiger partial charge in [-0.25, -0.2) is 0 Å². The molecule has 1 unspecified atom stereocenters. The van der Waals surface area contributed by atoms with Gasteiger partial charge in [0.15, 0.2) is 0 Å². The summed E-state index contributed by atoms with van der Waals surface area (Å²) in [5.74, 6) is 0. The molecule has 0 radical (unpaired) electrons. The molecule has 0 bridgehead atoms. The van der Waals surface area contributed by atoms with Crippen molar-refractivity contribution in [3.8, 4) is 0 Å². The van der Waals surface area contributed by atoms with E-state index in [1.165, 1.54) is 0 Å². The fourth-order valence-corrected chi connectivity index (χ4v) is 2.26. The highest BCUT2D eigenvalue weighted by Gasteiger charge is 2.23. The number of nitro benzene ring substituents is 1. The Bertz CT molecular complexity index is 449. The fourth-order valence-electron chi connectivity index (χ4n) is 2.26. The molecule has 0 aliphatic heterocycles. The van der Waals surface area contributed by atoms with Gasteiger partial charge < -0.3 is 10.2 Å². The SMILES string of the molecule is CCCNc1cccc(N(C)C(C)CCC)c1[N+](=O)[O-]. The van der Waals surface area contributed by atoms with Crippen molar-refractivity contribution in [3.05, 3.63) is 28.3 Å². The van der Waals surface area contributed by atoms with Crippen LogP contribution in [0.4, 0.5) is 17.1 Å². The molecule has 1 aromatic carbocycles. The maximum atomic E-state index is 11.4. The van der Waals surface area contributed by atoms with Crippen molar-refractivity contribution in [3.63, 3.8) is 0 Å². The molecule has 5 heteroatoms. The van der Waals surface area contributed by atoms with Crippen LogP contribution >= 0.6 is 0 Å². The molecular weight excluding hydrogens is 254 g/mol. The van der Waals surface area contributed by atoms with Gasteiger partial charge in [0.1, 0.15) is 11.4 Å².